The highest BCUT2D eigenvalue weighted by atomic mass is 19.4. The molecular weight excluding hydrogens is 591 g/mol. The van der Waals surface area contributed by atoms with Crippen molar-refractivity contribution in [3.63, 3.8) is 0 Å². The molecule has 3 amide bonds. The number of aliphatic hydroxyl groups is 1. The predicted octanol–water partition coefficient (Wildman–Crippen LogP) is 5.54. The molecule has 9 nitrogen and oxygen atoms in total. The molecule has 0 saturated heterocycles. The molecule has 2 N–H and O–H groups in total. The lowest BCUT2D eigenvalue weighted by molar-refractivity contribution is -0.149. The zero-order valence-corrected chi connectivity index (χ0v) is 26.3. The van der Waals surface area contributed by atoms with Crippen LogP contribution in [0.5, 0.6) is 5.75 Å². The molecular formula is C33H44F3N3O6. The molecule has 3 rings (SSSR count). The van der Waals surface area contributed by atoms with Crippen molar-refractivity contribution in [1.82, 2.24) is 9.80 Å². The van der Waals surface area contributed by atoms with E-state index in [2.05, 4.69) is 5.32 Å². The van der Waals surface area contributed by atoms with E-state index >= 15 is 0 Å². The zero-order chi connectivity index (χ0) is 33.1. The minimum Gasteiger partial charge on any atom is -0.490 e. The summed E-state index contributed by atoms with van der Waals surface area (Å²) in [5.41, 5.74) is 1.04. The van der Waals surface area contributed by atoms with Gasteiger partial charge >= 0.3 is 6.18 Å². The molecule has 0 saturated carbocycles. The van der Waals surface area contributed by atoms with Crippen LogP contribution in [0, 0.1) is 5.92 Å². The van der Waals surface area contributed by atoms with E-state index in [1.165, 1.54) is 16.8 Å². The van der Waals surface area contributed by atoms with Gasteiger partial charge in [0.2, 0.25) is 5.91 Å². The molecule has 2 aromatic rings. The monoisotopic (exact) mass is 635 g/mol. The number of fused-ring (bicyclic) bond motifs is 1. The first-order valence-electron chi connectivity index (χ1n) is 15.3. The summed E-state index contributed by atoms with van der Waals surface area (Å²) in [6, 6.07) is 12.9. The first-order chi connectivity index (χ1) is 21.3. The van der Waals surface area contributed by atoms with E-state index in [1.54, 1.807) is 55.5 Å². The summed E-state index contributed by atoms with van der Waals surface area (Å²) < 4.78 is 50.5. The summed E-state index contributed by atoms with van der Waals surface area (Å²) in [5, 5.41) is 12.9. The summed E-state index contributed by atoms with van der Waals surface area (Å²) in [5.74, 6) is -1.46. The van der Waals surface area contributed by atoms with Crippen LogP contribution in [-0.4, -0.2) is 90.4 Å². The third-order valence-electron chi connectivity index (χ3n) is 7.85. The maximum absolute atomic E-state index is 14.2. The van der Waals surface area contributed by atoms with Gasteiger partial charge in [-0.05, 0) is 63.4 Å². The second-order valence-corrected chi connectivity index (χ2v) is 11.7. The molecule has 0 aromatic heterocycles. The van der Waals surface area contributed by atoms with E-state index in [-0.39, 0.29) is 43.2 Å². The van der Waals surface area contributed by atoms with Crippen molar-refractivity contribution in [2.45, 2.75) is 77.3 Å². The molecule has 248 valence electrons. The van der Waals surface area contributed by atoms with Crippen LogP contribution in [0.4, 0.5) is 18.9 Å². The molecule has 0 aliphatic carbocycles. The Morgan fingerprint density at radius 1 is 1.13 bits per heavy atom. The van der Waals surface area contributed by atoms with Gasteiger partial charge in [0.05, 0.1) is 36.8 Å². The lowest BCUT2D eigenvalue weighted by Gasteiger charge is -2.36. The fraction of sp³-hybridized carbons (Fsp3) is 0.545. The number of hydrogen-bond donors (Lipinski definition) is 2. The number of amides is 3. The summed E-state index contributed by atoms with van der Waals surface area (Å²) in [7, 11) is 1.44. The van der Waals surface area contributed by atoms with Gasteiger partial charge in [0.1, 0.15) is 5.75 Å². The minimum atomic E-state index is -4.44. The van der Waals surface area contributed by atoms with Gasteiger partial charge in [-0.2, -0.15) is 13.2 Å². The number of carbonyl (C=O) groups is 3. The molecule has 1 heterocycles. The summed E-state index contributed by atoms with van der Waals surface area (Å²) >= 11 is 0. The minimum absolute atomic E-state index is 0.0408. The number of halogens is 3. The standard InChI is InChI=1S/C33H44F3N3O6/c1-22-19-39(23(2)21-40)32(43)27-18-26(37-31(42)25-11-6-5-7-12-25)13-14-28(27)45-24(3)10-8-9-17-44-29(22)20-38(4)30(41)15-16-33(34,35)36/h5-7,11-14,18,22-24,29,40H,8-10,15-17,19-21H2,1-4H3,(H,37,42)/t22-,23-,24-,29-/m1/s1. The highest BCUT2D eigenvalue weighted by Gasteiger charge is 2.32. The highest BCUT2D eigenvalue weighted by molar-refractivity contribution is 6.05. The Morgan fingerprint density at radius 2 is 1.84 bits per heavy atom. The quantitative estimate of drug-likeness (QED) is 0.395. The Kier molecular flexibility index (Phi) is 13.2. The van der Waals surface area contributed by atoms with Crippen LogP contribution in [-0.2, 0) is 9.53 Å². The van der Waals surface area contributed by atoms with E-state index < -0.39 is 43.0 Å². The number of alkyl halides is 3. The fourth-order valence-corrected chi connectivity index (χ4v) is 5.07. The molecule has 2 aromatic carbocycles. The van der Waals surface area contributed by atoms with Crippen molar-refractivity contribution >= 4 is 23.4 Å². The molecule has 45 heavy (non-hydrogen) atoms. The van der Waals surface area contributed by atoms with Crippen LogP contribution in [0.1, 0.15) is 73.6 Å². The maximum Gasteiger partial charge on any atom is 0.389 e. The van der Waals surface area contributed by atoms with Crippen LogP contribution in [0.25, 0.3) is 0 Å². The molecule has 0 fully saturated rings. The van der Waals surface area contributed by atoms with Gasteiger partial charge in [0.25, 0.3) is 11.8 Å². The number of benzene rings is 2. The molecule has 1 aliphatic rings. The van der Waals surface area contributed by atoms with E-state index in [9.17, 15) is 32.7 Å². The van der Waals surface area contributed by atoms with Gasteiger partial charge in [-0.25, -0.2) is 0 Å². The van der Waals surface area contributed by atoms with Crippen LogP contribution < -0.4 is 10.1 Å². The van der Waals surface area contributed by atoms with Gasteiger partial charge in [-0.3, -0.25) is 14.4 Å². The Labute approximate surface area is 262 Å². The smallest absolute Gasteiger partial charge is 0.389 e. The zero-order valence-electron chi connectivity index (χ0n) is 26.3. The Balaban J connectivity index is 1.91. The van der Waals surface area contributed by atoms with Crippen molar-refractivity contribution in [2.75, 3.05) is 38.7 Å². The van der Waals surface area contributed by atoms with Crippen LogP contribution in [0.3, 0.4) is 0 Å². The number of rotatable bonds is 8. The van der Waals surface area contributed by atoms with Crippen LogP contribution in [0.2, 0.25) is 0 Å². The first kappa shape index (κ1) is 35.8. The topological polar surface area (TPSA) is 108 Å². The Hall–Kier alpha value is -3.64. The summed E-state index contributed by atoms with van der Waals surface area (Å²) in [4.78, 5) is 42.3. The highest BCUT2D eigenvalue weighted by Crippen LogP contribution is 2.29. The average Bonchev–Trinajstić information content (AvgIpc) is 3.01. The maximum atomic E-state index is 14.2. The van der Waals surface area contributed by atoms with Crippen molar-refractivity contribution in [1.29, 1.82) is 0 Å². The van der Waals surface area contributed by atoms with E-state index in [1.807, 2.05) is 13.8 Å². The number of hydrogen-bond acceptors (Lipinski definition) is 6. The molecule has 12 heteroatoms. The molecule has 4 atom stereocenters. The number of ether oxygens (including phenoxy) is 2. The Bertz CT molecular complexity index is 1280. The SMILES string of the molecule is C[C@@H]1CCCCO[C@H](CN(C)C(=O)CCC(F)(F)F)[C@H](C)CN([C@H](C)CO)C(=O)c2cc(NC(=O)c3ccccc3)ccc2O1. The largest absolute Gasteiger partial charge is 0.490 e. The average molecular weight is 636 g/mol. The molecule has 0 spiro atoms. The number of nitrogens with one attached hydrogen (secondary N) is 1. The normalized spacial score (nSPS) is 20.8. The third-order valence-corrected chi connectivity index (χ3v) is 7.85. The van der Waals surface area contributed by atoms with Crippen LogP contribution >= 0.6 is 0 Å². The van der Waals surface area contributed by atoms with Gasteiger partial charge in [-0.15, -0.1) is 0 Å². The third kappa shape index (κ3) is 11.0. The fourth-order valence-electron chi connectivity index (χ4n) is 5.07. The van der Waals surface area contributed by atoms with E-state index in [0.29, 0.717) is 36.4 Å². The van der Waals surface area contributed by atoms with Gasteiger partial charge in [-0.1, -0.05) is 25.1 Å². The van der Waals surface area contributed by atoms with Crippen molar-refractivity contribution in [3.8, 4) is 5.75 Å². The van der Waals surface area contributed by atoms with Gasteiger partial charge in [0, 0.05) is 50.3 Å². The number of aliphatic hydroxyl groups excluding tert-OH is 1. The number of likely N-dealkylation sites (N-methyl/N-ethyl adjacent to an activating group) is 1. The van der Waals surface area contributed by atoms with Crippen LogP contribution in [0.15, 0.2) is 48.5 Å². The molecule has 0 unspecified atom stereocenters. The van der Waals surface area contributed by atoms with Gasteiger partial charge < -0.3 is 29.7 Å². The Morgan fingerprint density at radius 3 is 2.51 bits per heavy atom. The lowest BCUT2D eigenvalue weighted by Crippen LogP contribution is -2.48. The molecule has 0 radical (unpaired) electrons. The van der Waals surface area contributed by atoms with Crippen molar-refractivity contribution in [2.24, 2.45) is 5.92 Å². The number of nitrogens with zero attached hydrogens (tertiary/aromatic N) is 2. The second kappa shape index (κ2) is 16.6. The lowest BCUT2D eigenvalue weighted by atomic mass is 10.0. The van der Waals surface area contributed by atoms with E-state index in [0.717, 1.165) is 6.42 Å². The number of anilines is 1. The van der Waals surface area contributed by atoms with Crippen molar-refractivity contribution in [3.05, 3.63) is 59.7 Å². The second-order valence-electron chi connectivity index (χ2n) is 11.7. The molecule has 1 aliphatic heterocycles. The summed E-state index contributed by atoms with van der Waals surface area (Å²) in [6.07, 6.45) is -5.03. The van der Waals surface area contributed by atoms with E-state index in [4.69, 9.17) is 9.47 Å². The predicted molar refractivity (Wildman–Crippen MR) is 164 cm³/mol. The van der Waals surface area contributed by atoms with Gasteiger partial charge in [0.15, 0.2) is 0 Å². The first-order valence-corrected chi connectivity index (χ1v) is 15.3. The van der Waals surface area contributed by atoms with Crippen molar-refractivity contribution < 1.29 is 42.1 Å². The molecule has 0 bridgehead atoms. The summed E-state index contributed by atoms with van der Waals surface area (Å²) in [6.45, 7) is 5.61. The number of carbonyl (C=O) groups excluding carboxylic acids is 3.